The Balaban J connectivity index is 1.63. The van der Waals surface area contributed by atoms with E-state index in [1.807, 2.05) is 55.0 Å². The van der Waals surface area contributed by atoms with Gasteiger partial charge in [0.2, 0.25) is 0 Å². The van der Waals surface area contributed by atoms with Crippen molar-refractivity contribution in [2.45, 2.75) is 45.3 Å². The second-order valence-electron chi connectivity index (χ2n) is 9.48. The summed E-state index contributed by atoms with van der Waals surface area (Å²) in [6.07, 6.45) is 7.97. The average molecular weight is 464 g/mol. The molecular weight excluding hydrogens is 433 g/mol. The number of hydrogen-bond donors (Lipinski definition) is 1. The van der Waals surface area contributed by atoms with Crippen LogP contribution in [-0.4, -0.2) is 33.1 Å². The molecule has 4 rings (SSSR count). The summed E-state index contributed by atoms with van der Waals surface area (Å²) in [6, 6.07) is 12.1. The van der Waals surface area contributed by atoms with Crippen molar-refractivity contribution >= 4 is 11.8 Å². The van der Waals surface area contributed by atoms with Gasteiger partial charge in [0.05, 0.1) is 42.0 Å². The van der Waals surface area contributed by atoms with Gasteiger partial charge in [-0.1, -0.05) is 29.4 Å². The third-order valence-corrected chi connectivity index (χ3v) is 6.12. The number of aryl methyl sites for hydroxylation is 1. The topological polar surface area (TPSA) is 68.9 Å². The average Bonchev–Trinajstić information content (AvgIpc) is 3.35. The minimum atomic E-state index is -0.942. The lowest BCUT2D eigenvalue weighted by Gasteiger charge is -2.33. The molecule has 0 aliphatic carbocycles. The van der Waals surface area contributed by atoms with Crippen LogP contribution in [0.3, 0.4) is 0 Å². The SMILES string of the molecule is COc1cc(/C=C/C2=NOC(C)(c3ccc(F)cc3)C2CC(C)(C)O)ccc1-n1cnc(C)c1. The smallest absolute Gasteiger partial charge is 0.168 e. The van der Waals surface area contributed by atoms with Crippen LogP contribution in [0.4, 0.5) is 4.39 Å². The molecular formula is C27H30FN3O3. The zero-order chi connectivity index (χ0) is 24.5. The highest BCUT2D eigenvalue weighted by atomic mass is 19.1. The molecule has 0 amide bonds. The van der Waals surface area contributed by atoms with E-state index in [1.54, 1.807) is 39.4 Å². The molecule has 3 aromatic rings. The van der Waals surface area contributed by atoms with Crippen molar-refractivity contribution in [2.24, 2.45) is 11.1 Å². The Hall–Kier alpha value is -3.45. The lowest BCUT2D eigenvalue weighted by Crippen LogP contribution is -2.38. The summed E-state index contributed by atoms with van der Waals surface area (Å²) in [7, 11) is 1.64. The van der Waals surface area contributed by atoms with E-state index in [0.717, 1.165) is 22.5 Å². The van der Waals surface area contributed by atoms with E-state index in [9.17, 15) is 9.50 Å². The molecule has 2 unspecified atom stereocenters. The number of ether oxygens (including phenoxy) is 1. The molecule has 34 heavy (non-hydrogen) atoms. The van der Waals surface area contributed by atoms with Gasteiger partial charge in [0.15, 0.2) is 5.60 Å². The second-order valence-corrected chi connectivity index (χ2v) is 9.48. The van der Waals surface area contributed by atoms with Crippen molar-refractivity contribution < 1.29 is 19.1 Å². The number of oxime groups is 1. The van der Waals surface area contributed by atoms with Gasteiger partial charge in [0.1, 0.15) is 11.6 Å². The van der Waals surface area contributed by atoms with Crippen LogP contribution in [0.15, 0.2) is 66.2 Å². The summed E-state index contributed by atoms with van der Waals surface area (Å²) in [6.45, 7) is 7.39. The molecule has 7 heteroatoms. The first kappa shape index (κ1) is 23.7. The first-order valence-electron chi connectivity index (χ1n) is 11.2. The number of halogens is 1. The minimum Gasteiger partial charge on any atom is -0.495 e. The van der Waals surface area contributed by atoms with Crippen LogP contribution in [-0.2, 0) is 10.4 Å². The molecule has 0 bridgehead atoms. The van der Waals surface area contributed by atoms with Crippen molar-refractivity contribution in [1.29, 1.82) is 0 Å². The molecule has 0 saturated carbocycles. The summed E-state index contributed by atoms with van der Waals surface area (Å²) < 4.78 is 21.0. The molecule has 2 heterocycles. The van der Waals surface area contributed by atoms with E-state index in [4.69, 9.17) is 9.57 Å². The maximum atomic E-state index is 13.5. The Morgan fingerprint density at radius 2 is 1.94 bits per heavy atom. The molecule has 1 aliphatic rings. The monoisotopic (exact) mass is 463 g/mol. The molecule has 1 aromatic heterocycles. The Kier molecular flexibility index (Phi) is 6.32. The van der Waals surface area contributed by atoms with Gasteiger partial charge in [0.25, 0.3) is 0 Å². The number of allylic oxidation sites excluding steroid dienone is 1. The third-order valence-electron chi connectivity index (χ3n) is 6.12. The largest absolute Gasteiger partial charge is 0.495 e. The van der Waals surface area contributed by atoms with Gasteiger partial charge in [-0.05, 0) is 75.6 Å². The molecule has 0 fully saturated rings. The first-order chi connectivity index (χ1) is 16.1. The van der Waals surface area contributed by atoms with Gasteiger partial charge in [-0.3, -0.25) is 0 Å². The molecule has 2 atom stereocenters. The van der Waals surface area contributed by atoms with Crippen LogP contribution in [0.2, 0.25) is 0 Å². The van der Waals surface area contributed by atoms with Crippen LogP contribution < -0.4 is 4.74 Å². The molecule has 1 aliphatic heterocycles. The highest BCUT2D eigenvalue weighted by Crippen LogP contribution is 2.43. The maximum Gasteiger partial charge on any atom is 0.168 e. The van der Waals surface area contributed by atoms with Gasteiger partial charge < -0.3 is 19.2 Å². The summed E-state index contributed by atoms with van der Waals surface area (Å²) >= 11 is 0. The number of benzene rings is 2. The van der Waals surface area contributed by atoms with Crippen LogP contribution >= 0.6 is 0 Å². The molecule has 178 valence electrons. The predicted molar refractivity (Wildman–Crippen MR) is 131 cm³/mol. The molecule has 0 spiro atoms. The second kappa shape index (κ2) is 9.06. The number of aromatic nitrogens is 2. The van der Waals surface area contributed by atoms with Crippen LogP contribution in [0.25, 0.3) is 11.8 Å². The number of imidazole rings is 1. The highest BCUT2D eigenvalue weighted by Gasteiger charge is 2.47. The van der Waals surface area contributed by atoms with E-state index in [2.05, 4.69) is 10.1 Å². The van der Waals surface area contributed by atoms with E-state index < -0.39 is 11.2 Å². The fraction of sp³-hybridized carbons (Fsp3) is 0.333. The first-order valence-corrected chi connectivity index (χ1v) is 11.2. The molecule has 0 radical (unpaired) electrons. The maximum absolute atomic E-state index is 13.5. The number of rotatable bonds is 7. The molecule has 6 nitrogen and oxygen atoms in total. The van der Waals surface area contributed by atoms with Crippen molar-refractivity contribution in [3.05, 3.63) is 83.7 Å². The van der Waals surface area contributed by atoms with Gasteiger partial charge in [0, 0.05) is 6.20 Å². The lowest BCUT2D eigenvalue weighted by atomic mass is 9.75. The van der Waals surface area contributed by atoms with Crippen LogP contribution in [0.1, 0.15) is 44.0 Å². The fourth-order valence-electron chi connectivity index (χ4n) is 4.28. The fourth-order valence-corrected chi connectivity index (χ4v) is 4.28. The zero-order valence-corrected chi connectivity index (χ0v) is 20.1. The standard InChI is InChI=1S/C27H30FN3O3/c1-18-16-31(17-29-18)24-13-7-19(14-25(24)33-5)6-12-23-22(15-26(2,3)32)27(4,34-30-23)20-8-10-21(28)11-9-20/h6-14,16-17,22,32H,15H2,1-5H3/b12-6+. The summed E-state index contributed by atoms with van der Waals surface area (Å²) in [5.41, 5.74) is 2.49. The zero-order valence-electron chi connectivity index (χ0n) is 20.1. The lowest BCUT2D eigenvalue weighted by molar-refractivity contribution is -0.0553. The predicted octanol–water partition coefficient (Wildman–Crippen LogP) is 5.42. The molecule has 1 N–H and O–H groups in total. The summed E-state index contributed by atoms with van der Waals surface area (Å²) in [5.74, 6) is 0.173. The molecule has 2 aromatic carbocycles. The Morgan fingerprint density at radius 1 is 1.21 bits per heavy atom. The Morgan fingerprint density at radius 3 is 2.56 bits per heavy atom. The van der Waals surface area contributed by atoms with Gasteiger partial charge in [-0.25, -0.2) is 9.37 Å². The van der Waals surface area contributed by atoms with Crippen molar-refractivity contribution in [3.63, 3.8) is 0 Å². The number of methoxy groups -OCH3 is 1. The highest BCUT2D eigenvalue weighted by molar-refractivity contribution is 6.01. The van der Waals surface area contributed by atoms with Gasteiger partial charge in [-0.15, -0.1) is 0 Å². The summed E-state index contributed by atoms with van der Waals surface area (Å²) in [5, 5.41) is 15.0. The van der Waals surface area contributed by atoms with E-state index >= 15 is 0 Å². The van der Waals surface area contributed by atoms with Gasteiger partial charge >= 0.3 is 0 Å². The van der Waals surface area contributed by atoms with Crippen LogP contribution in [0.5, 0.6) is 5.75 Å². The Bertz CT molecular complexity index is 1220. The van der Waals surface area contributed by atoms with E-state index in [1.165, 1.54) is 12.1 Å². The molecule has 0 saturated heterocycles. The third kappa shape index (κ3) is 4.89. The Labute approximate surface area is 199 Å². The number of hydrogen-bond acceptors (Lipinski definition) is 5. The van der Waals surface area contributed by atoms with Crippen molar-refractivity contribution in [3.8, 4) is 11.4 Å². The van der Waals surface area contributed by atoms with E-state index in [0.29, 0.717) is 17.9 Å². The normalized spacial score (nSPS) is 20.4. The minimum absolute atomic E-state index is 0.232. The van der Waals surface area contributed by atoms with Gasteiger partial charge in [-0.2, -0.15) is 0 Å². The quantitative estimate of drug-likeness (QED) is 0.508. The number of nitrogens with zero attached hydrogens (tertiary/aromatic N) is 3. The number of aliphatic hydroxyl groups is 1. The van der Waals surface area contributed by atoms with Crippen molar-refractivity contribution in [2.75, 3.05) is 7.11 Å². The van der Waals surface area contributed by atoms with E-state index in [-0.39, 0.29) is 11.7 Å². The van der Waals surface area contributed by atoms with Crippen molar-refractivity contribution in [1.82, 2.24) is 9.55 Å². The summed E-state index contributed by atoms with van der Waals surface area (Å²) in [4.78, 5) is 10.2. The van der Waals surface area contributed by atoms with Crippen LogP contribution in [0, 0.1) is 18.7 Å².